The van der Waals surface area contributed by atoms with Crippen molar-refractivity contribution in [1.82, 2.24) is 9.78 Å². The maximum absolute atomic E-state index is 13.9. The van der Waals surface area contributed by atoms with E-state index in [4.69, 9.17) is 10.5 Å². The molecule has 0 saturated heterocycles. The van der Waals surface area contributed by atoms with Crippen LogP contribution in [0, 0.1) is 5.82 Å². The quantitative estimate of drug-likeness (QED) is 0.882. The zero-order valence-electron chi connectivity index (χ0n) is 11.8. The summed E-state index contributed by atoms with van der Waals surface area (Å²) in [7, 11) is 1.83. The smallest absolute Gasteiger partial charge is 0.165 e. The molecule has 1 aromatic carbocycles. The van der Waals surface area contributed by atoms with Crippen LogP contribution in [-0.2, 0) is 20.1 Å². The Kier molecular flexibility index (Phi) is 4.74. The van der Waals surface area contributed by atoms with E-state index in [1.165, 1.54) is 6.07 Å². The van der Waals surface area contributed by atoms with Crippen molar-refractivity contribution in [2.45, 2.75) is 32.4 Å². The zero-order chi connectivity index (χ0) is 14.5. The molecule has 1 heterocycles. The molecule has 2 rings (SSSR count). The molecule has 0 spiro atoms. The Bertz CT molecular complexity index is 568. The van der Waals surface area contributed by atoms with Crippen LogP contribution in [0.4, 0.5) is 4.39 Å². The monoisotopic (exact) mass is 277 g/mol. The Labute approximate surface area is 118 Å². The minimum Gasteiger partial charge on any atom is -0.484 e. The van der Waals surface area contributed by atoms with Crippen molar-refractivity contribution in [3.8, 4) is 5.75 Å². The van der Waals surface area contributed by atoms with E-state index >= 15 is 0 Å². The lowest BCUT2D eigenvalue weighted by Gasteiger charge is -2.10. The minimum absolute atomic E-state index is 0.0645. The van der Waals surface area contributed by atoms with Gasteiger partial charge in [-0.1, -0.05) is 13.0 Å². The fraction of sp³-hybridized carbons (Fsp3) is 0.400. The molecular formula is C15H20FN3O. The van der Waals surface area contributed by atoms with Crippen LogP contribution in [-0.4, -0.2) is 15.8 Å². The Morgan fingerprint density at radius 3 is 2.80 bits per heavy atom. The number of nitrogens with zero attached hydrogens (tertiary/aromatic N) is 2. The summed E-state index contributed by atoms with van der Waals surface area (Å²) in [4.78, 5) is 0. The second-order valence-electron chi connectivity index (χ2n) is 4.91. The third-order valence-corrected chi connectivity index (χ3v) is 3.16. The van der Waals surface area contributed by atoms with Crippen molar-refractivity contribution in [2.24, 2.45) is 12.8 Å². The molecule has 0 amide bonds. The summed E-state index contributed by atoms with van der Waals surface area (Å²) in [6.07, 6.45) is 3.37. The van der Waals surface area contributed by atoms with Gasteiger partial charge in [-0.2, -0.15) is 5.10 Å². The predicted octanol–water partition coefficient (Wildman–Crippen LogP) is 2.42. The molecule has 2 N–H and O–H groups in total. The first-order valence-electron chi connectivity index (χ1n) is 6.73. The summed E-state index contributed by atoms with van der Waals surface area (Å²) < 4.78 is 21.0. The first kappa shape index (κ1) is 14.5. The fourth-order valence-corrected chi connectivity index (χ4v) is 1.93. The van der Waals surface area contributed by atoms with Crippen molar-refractivity contribution in [3.63, 3.8) is 0 Å². The highest BCUT2D eigenvalue weighted by Gasteiger charge is 2.08. The Balaban J connectivity index is 1.98. The molecular weight excluding hydrogens is 257 g/mol. The summed E-state index contributed by atoms with van der Waals surface area (Å²) in [5.74, 6) is -0.119. The number of aryl methyl sites for hydroxylation is 1. The highest BCUT2D eigenvalue weighted by molar-refractivity contribution is 5.30. The van der Waals surface area contributed by atoms with Gasteiger partial charge < -0.3 is 10.5 Å². The molecule has 0 aliphatic rings. The molecule has 1 aromatic heterocycles. The van der Waals surface area contributed by atoms with Gasteiger partial charge in [-0.15, -0.1) is 0 Å². The summed E-state index contributed by atoms with van der Waals surface area (Å²) in [6, 6.07) is 6.90. The van der Waals surface area contributed by atoms with Crippen molar-refractivity contribution in [3.05, 3.63) is 47.5 Å². The number of hydrogen-bond acceptors (Lipinski definition) is 3. The van der Waals surface area contributed by atoms with E-state index in [0.29, 0.717) is 6.42 Å². The van der Waals surface area contributed by atoms with Crippen molar-refractivity contribution in [2.75, 3.05) is 0 Å². The molecule has 0 aliphatic heterocycles. The average Bonchev–Trinajstić information content (AvgIpc) is 2.83. The molecule has 0 saturated carbocycles. The van der Waals surface area contributed by atoms with Gasteiger partial charge in [0.1, 0.15) is 6.61 Å². The number of ether oxygens (including phenoxy) is 1. The molecule has 0 fully saturated rings. The van der Waals surface area contributed by atoms with Gasteiger partial charge in [0.25, 0.3) is 0 Å². The third kappa shape index (κ3) is 3.81. The number of nitrogens with two attached hydrogens (primary N) is 1. The SMILES string of the molecule is CCC(N)Cc1ccc(OCc2ccn(C)n2)c(F)c1. The second-order valence-corrected chi connectivity index (χ2v) is 4.91. The van der Waals surface area contributed by atoms with E-state index in [2.05, 4.69) is 5.10 Å². The number of aromatic nitrogens is 2. The summed E-state index contributed by atoms with van der Waals surface area (Å²) in [6.45, 7) is 2.27. The van der Waals surface area contributed by atoms with Crippen molar-refractivity contribution >= 4 is 0 Å². The highest BCUT2D eigenvalue weighted by Crippen LogP contribution is 2.20. The van der Waals surface area contributed by atoms with E-state index in [1.807, 2.05) is 32.3 Å². The van der Waals surface area contributed by atoms with Crippen molar-refractivity contribution in [1.29, 1.82) is 0 Å². The molecule has 2 aromatic rings. The van der Waals surface area contributed by atoms with Gasteiger partial charge >= 0.3 is 0 Å². The van der Waals surface area contributed by atoms with E-state index in [9.17, 15) is 4.39 Å². The number of benzene rings is 1. The molecule has 4 nitrogen and oxygen atoms in total. The molecule has 0 bridgehead atoms. The average molecular weight is 277 g/mol. The summed E-state index contributed by atoms with van der Waals surface area (Å²) in [5.41, 5.74) is 7.52. The zero-order valence-corrected chi connectivity index (χ0v) is 11.8. The Morgan fingerprint density at radius 2 is 2.20 bits per heavy atom. The lowest BCUT2D eigenvalue weighted by Crippen LogP contribution is -2.21. The van der Waals surface area contributed by atoms with Crippen LogP contribution in [0.2, 0.25) is 0 Å². The largest absolute Gasteiger partial charge is 0.484 e. The predicted molar refractivity (Wildman–Crippen MR) is 75.9 cm³/mol. The van der Waals surface area contributed by atoms with Gasteiger partial charge in [-0.05, 0) is 36.6 Å². The maximum Gasteiger partial charge on any atom is 0.165 e. The Morgan fingerprint density at radius 1 is 1.40 bits per heavy atom. The van der Waals surface area contributed by atoms with Crippen LogP contribution in [0.3, 0.4) is 0 Å². The number of halogens is 1. The Hall–Kier alpha value is -1.88. The first-order chi connectivity index (χ1) is 9.58. The van der Waals surface area contributed by atoms with Gasteiger partial charge in [-0.25, -0.2) is 4.39 Å². The standard InChI is InChI=1S/C15H20FN3O/c1-3-12(17)8-11-4-5-15(14(16)9-11)20-10-13-6-7-19(2)18-13/h4-7,9,12H,3,8,10,17H2,1-2H3. The summed E-state index contributed by atoms with van der Waals surface area (Å²) >= 11 is 0. The highest BCUT2D eigenvalue weighted by atomic mass is 19.1. The normalized spacial score (nSPS) is 12.4. The molecule has 20 heavy (non-hydrogen) atoms. The molecule has 0 radical (unpaired) electrons. The lowest BCUT2D eigenvalue weighted by atomic mass is 10.0. The van der Waals surface area contributed by atoms with Crippen molar-refractivity contribution < 1.29 is 9.13 Å². The minimum atomic E-state index is -0.360. The third-order valence-electron chi connectivity index (χ3n) is 3.16. The van der Waals surface area contributed by atoms with Crippen LogP contribution in [0.25, 0.3) is 0 Å². The lowest BCUT2D eigenvalue weighted by molar-refractivity contribution is 0.284. The molecule has 0 aliphatic carbocycles. The van der Waals surface area contributed by atoms with Gasteiger partial charge in [-0.3, -0.25) is 4.68 Å². The molecule has 1 unspecified atom stereocenters. The molecule has 5 heteroatoms. The second kappa shape index (κ2) is 6.52. The topological polar surface area (TPSA) is 53.1 Å². The number of hydrogen-bond donors (Lipinski definition) is 1. The van der Waals surface area contributed by atoms with Gasteiger partial charge in [0.15, 0.2) is 11.6 Å². The van der Waals surface area contributed by atoms with Crippen LogP contribution in [0.1, 0.15) is 24.6 Å². The summed E-state index contributed by atoms with van der Waals surface area (Å²) in [5, 5.41) is 4.18. The first-order valence-corrected chi connectivity index (χ1v) is 6.73. The van der Waals surface area contributed by atoms with Crippen LogP contribution in [0.15, 0.2) is 30.5 Å². The number of rotatable bonds is 6. The van der Waals surface area contributed by atoms with Crippen LogP contribution >= 0.6 is 0 Å². The van der Waals surface area contributed by atoms with Crippen LogP contribution < -0.4 is 10.5 Å². The van der Waals surface area contributed by atoms with E-state index in [0.717, 1.165) is 17.7 Å². The van der Waals surface area contributed by atoms with Crippen LogP contribution in [0.5, 0.6) is 5.75 Å². The van der Waals surface area contributed by atoms with Gasteiger partial charge in [0.2, 0.25) is 0 Å². The maximum atomic E-state index is 13.9. The van der Waals surface area contributed by atoms with Gasteiger partial charge in [0, 0.05) is 19.3 Å². The van der Waals surface area contributed by atoms with E-state index < -0.39 is 0 Å². The fourth-order valence-electron chi connectivity index (χ4n) is 1.93. The van der Waals surface area contributed by atoms with E-state index in [1.54, 1.807) is 10.7 Å². The van der Waals surface area contributed by atoms with Gasteiger partial charge in [0.05, 0.1) is 5.69 Å². The molecule has 108 valence electrons. The van der Waals surface area contributed by atoms with E-state index in [-0.39, 0.29) is 24.2 Å². The molecule has 1 atom stereocenters.